The highest BCUT2D eigenvalue weighted by molar-refractivity contribution is 6.31. The molecule has 0 atom stereocenters. The number of hydrogen-bond donors (Lipinski definition) is 2. The number of ether oxygens (including phenoxy) is 1. The summed E-state index contributed by atoms with van der Waals surface area (Å²) in [5.41, 5.74) is 3.34. The Bertz CT molecular complexity index is 942. The lowest BCUT2D eigenvalue weighted by atomic mass is 9.95. The molecule has 0 spiro atoms. The first-order chi connectivity index (χ1) is 12.6. The van der Waals surface area contributed by atoms with Gasteiger partial charge in [0.2, 0.25) is 5.91 Å². The molecule has 2 N–H and O–H groups in total. The van der Waals surface area contributed by atoms with Gasteiger partial charge in [0.25, 0.3) is 0 Å². The number of carbonyl (C=O) groups excluding carboxylic acids is 1. The summed E-state index contributed by atoms with van der Waals surface area (Å²) in [5.74, 6) is 0.836. The van der Waals surface area contributed by atoms with Crippen LogP contribution in [0.4, 0.5) is 0 Å². The first-order valence-corrected chi connectivity index (χ1v) is 9.14. The van der Waals surface area contributed by atoms with Gasteiger partial charge in [-0.3, -0.25) is 4.79 Å². The van der Waals surface area contributed by atoms with Gasteiger partial charge in [-0.1, -0.05) is 23.7 Å². The number of fused-ring (bicyclic) bond motifs is 1. The van der Waals surface area contributed by atoms with Gasteiger partial charge in [0, 0.05) is 34.1 Å². The quantitative estimate of drug-likeness (QED) is 0.684. The summed E-state index contributed by atoms with van der Waals surface area (Å²) in [6, 6.07) is 13.5. The van der Waals surface area contributed by atoms with Crippen LogP contribution in [-0.2, 0) is 16.6 Å². The average molecular weight is 369 g/mol. The van der Waals surface area contributed by atoms with Gasteiger partial charge in [-0.05, 0) is 54.3 Å². The van der Waals surface area contributed by atoms with Gasteiger partial charge < -0.3 is 15.0 Å². The number of hydrogen-bond acceptors (Lipinski definition) is 2. The number of methoxy groups -OCH3 is 1. The Hall–Kier alpha value is -2.46. The highest BCUT2D eigenvalue weighted by atomic mass is 35.5. The van der Waals surface area contributed by atoms with E-state index in [1.165, 1.54) is 5.56 Å². The average Bonchev–Trinajstić information content (AvgIpc) is 3.32. The van der Waals surface area contributed by atoms with E-state index in [2.05, 4.69) is 16.5 Å². The van der Waals surface area contributed by atoms with Gasteiger partial charge in [0.15, 0.2) is 0 Å². The van der Waals surface area contributed by atoms with Gasteiger partial charge in [-0.25, -0.2) is 0 Å². The molecule has 1 saturated carbocycles. The molecule has 1 aliphatic rings. The number of rotatable bonds is 6. The normalized spacial score (nSPS) is 15.0. The molecule has 134 valence electrons. The summed E-state index contributed by atoms with van der Waals surface area (Å²) >= 11 is 6.16. The topological polar surface area (TPSA) is 54.1 Å². The number of halogens is 1. The van der Waals surface area contributed by atoms with E-state index in [1.54, 1.807) is 7.11 Å². The Kier molecular flexibility index (Phi) is 4.37. The van der Waals surface area contributed by atoms with Gasteiger partial charge >= 0.3 is 0 Å². The Morgan fingerprint density at radius 1 is 1.23 bits per heavy atom. The predicted octanol–water partition coefficient (Wildman–Crippen LogP) is 4.22. The zero-order valence-electron chi connectivity index (χ0n) is 14.6. The van der Waals surface area contributed by atoms with Crippen molar-refractivity contribution in [1.82, 2.24) is 10.3 Å². The Labute approximate surface area is 157 Å². The third kappa shape index (κ3) is 3.29. The molecule has 1 heterocycles. The first kappa shape index (κ1) is 17.0. The number of carbonyl (C=O) groups is 1. The van der Waals surface area contributed by atoms with Gasteiger partial charge in [-0.15, -0.1) is 0 Å². The molecule has 1 aromatic heterocycles. The molecule has 3 aromatic rings. The Balaban J connectivity index is 1.43. The molecule has 0 aliphatic heterocycles. The van der Waals surface area contributed by atoms with E-state index in [0.717, 1.165) is 40.1 Å². The largest absolute Gasteiger partial charge is 0.497 e. The van der Waals surface area contributed by atoms with Crippen LogP contribution in [0.25, 0.3) is 10.9 Å². The molecule has 1 fully saturated rings. The molecule has 0 bridgehead atoms. The molecular formula is C21H21ClN2O2. The lowest BCUT2D eigenvalue weighted by Crippen LogP contribution is -2.33. The molecule has 2 aromatic carbocycles. The van der Waals surface area contributed by atoms with Crippen LogP contribution in [-0.4, -0.2) is 24.5 Å². The van der Waals surface area contributed by atoms with E-state index in [0.29, 0.717) is 13.0 Å². The maximum atomic E-state index is 12.4. The molecular weight excluding hydrogens is 348 g/mol. The van der Waals surface area contributed by atoms with E-state index in [-0.39, 0.29) is 11.3 Å². The van der Waals surface area contributed by atoms with Crippen molar-refractivity contribution in [3.63, 3.8) is 0 Å². The summed E-state index contributed by atoms with van der Waals surface area (Å²) in [6.07, 6.45) is 4.59. The van der Waals surface area contributed by atoms with E-state index in [4.69, 9.17) is 16.3 Å². The van der Waals surface area contributed by atoms with Crippen molar-refractivity contribution in [2.75, 3.05) is 13.7 Å². The summed E-state index contributed by atoms with van der Waals surface area (Å²) < 4.78 is 5.15. The van der Waals surface area contributed by atoms with Crippen molar-refractivity contribution in [2.45, 2.75) is 24.7 Å². The van der Waals surface area contributed by atoms with E-state index in [9.17, 15) is 4.79 Å². The van der Waals surface area contributed by atoms with E-state index in [1.807, 2.05) is 42.5 Å². The lowest BCUT2D eigenvalue weighted by molar-refractivity contribution is -0.120. The summed E-state index contributed by atoms with van der Waals surface area (Å²) in [6.45, 7) is 0.654. The van der Waals surface area contributed by atoms with Gasteiger partial charge in [-0.2, -0.15) is 0 Å². The van der Waals surface area contributed by atoms with Crippen molar-refractivity contribution < 1.29 is 9.53 Å². The maximum Gasteiger partial charge on any atom is 0.224 e. The maximum absolute atomic E-state index is 12.4. The van der Waals surface area contributed by atoms with Gasteiger partial charge in [0.05, 0.1) is 13.5 Å². The first-order valence-electron chi connectivity index (χ1n) is 8.76. The van der Waals surface area contributed by atoms with Gasteiger partial charge in [0.1, 0.15) is 5.75 Å². The van der Waals surface area contributed by atoms with Crippen molar-refractivity contribution in [3.05, 3.63) is 64.8 Å². The molecule has 1 aliphatic carbocycles. The van der Waals surface area contributed by atoms with Crippen LogP contribution in [0.15, 0.2) is 48.7 Å². The minimum absolute atomic E-state index is 0.0263. The van der Waals surface area contributed by atoms with Crippen LogP contribution in [0.5, 0.6) is 5.75 Å². The highest BCUT2D eigenvalue weighted by Crippen LogP contribution is 2.50. The molecule has 4 nitrogen and oxygen atoms in total. The minimum Gasteiger partial charge on any atom is -0.497 e. The standard InChI is InChI=1S/C21H21ClN2O2/c1-26-16-5-2-14(3-6-16)10-20(25)24-13-21(8-9-21)18-12-23-19-7-4-15(22)11-17(18)19/h2-7,11-12,23H,8-10,13H2,1H3,(H,24,25). The fourth-order valence-corrected chi connectivity index (χ4v) is 3.66. The molecule has 4 rings (SSSR count). The van der Waals surface area contributed by atoms with Crippen LogP contribution in [0.3, 0.4) is 0 Å². The summed E-state index contributed by atoms with van der Waals surface area (Å²) in [5, 5.41) is 5.00. The van der Waals surface area contributed by atoms with E-state index >= 15 is 0 Å². The van der Waals surface area contributed by atoms with Crippen molar-refractivity contribution >= 4 is 28.4 Å². The van der Waals surface area contributed by atoms with E-state index < -0.39 is 0 Å². The number of amides is 1. The van der Waals surface area contributed by atoms with Crippen LogP contribution in [0.2, 0.25) is 5.02 Å². The Morgan fingerprint density at radius 3 is 2.69 bits per heavy atom. The molecule has 5 heteroatoms. The monoisotopic (exact) mass is 368 g/mol. The molecule has 1 amide bonds. The van der Waals surface area contributed by atoms with Crippen LogP contribution in [0, 0.1) is 0 Å². The zero-order chi connectivity index (χ0) is 18.1. The highest BCUT2D eigenvalue weighted by Gasteiger charge is 2.45. The van der Waals surface area contributed by atoms with Crippen molar-refractivity contribution in [2.24, 2.45) is 0 Å². The molecule has 0 unspecified atom stereocenters. The zero-order valence-corrected chi connectivity index (χ0v) is 15.4. The summed E-state index contributed by atoms with van der Waals surface area (Å²) in [4.78, 5) is 15.7. The molecule has 0 radical (unpaired) electrons. The SMILES string of the molecule is COc1ccc(CC(=O)NCC2(c3c[nH]c4ccc(Cl)cc34)CC2)cc1. The molecule has 0 saturated heterocycles. The van der Waals surface area contributed by atoms with Crippen LogP contribution in [0.1, 0.15) is 24.0 Å². The van der Waals surface area contributed by atoms with Crippen molar-refractivity contribution in [3.8, 4) is 5.75 Å². The smallest absolute Gasteiger partial charge is 0.224 e. The minimum atomic E-state index is 0.0263. The summed E-state index contributed by atoms with van der Waals surface area (Å²) in [7, 11) is 1.63. The number of benzene rings is 2. The third-order valence-corrected chi connectivity index (χ3v) is 5.45. The fourth-order valence-electron chi connectivity index (χ4n) is 3.48. The lowest BCUT2D eigenvalue weighted by Gasteiger charge is -2.16. The number of nitrogens with one attached hydrogen (secondary N) is 2. The molecule has 26 heavy (non-hydrogen) atoms. The fraction of sp³-hybridized carbons (Fsp3) is 0.286. The number of aromatic amines is 1. The Morgan fingerprint density at radius 2 is 2.00 bits per heavy atom. The number of aromatic nitrogens is 1. The van der Waals surface area contributed by atoms with Crippen LogP contribution >= 0.6 is 11.6 Å². The number of H-pyrrole nitrogens is 1. The third-order valence-electron chi connectivity index (χ3n) is 5.22. The second-order valence-electron chi connectivity index (χ2n) is 6.97. The van der Waals surface area contributed by atoms with Crippen molar-refractivity contribution in [1.29, 1.82) is 0 Å². The van der Waals surface area contributed by atoms with Crippen LogP contribution < -0.4 is 10.1 Å². The predicted molar refractivity (Wildman–Crippen MR) is 104 cm³/mol. The second kappa shape index (κ2) is 6.69. The second-order valence-corrected chi connectivity index (χ2v) is 7.41.